The average Bonchev–Trinajstić information content (AvgIpc) is 2.53. The van der Waals surface area contributed by atoms with Gasteiger partial charge in [0.25, 0.3) is 0 Å². The van der Waals surface area contributed by atoms with Crippen LogP contribution in [-0.4, -0.2) is 48.2 Å². The number of cyclic esters (lactones) is 2. The van der Waals surface area contributed by atoms with Crippen molar-refractivity contribution < 1.29 is 19.1 Å². The van der Waals surface area contributed by atoms with Crippen LogP contribution in [0.25, 0.3) is 0 Å². The SMILES string of the molecule is O=C1OCCCC1CCSCCSCCC1CCCOC1=O. The lowest BCUT2D eigenvalue weighted by molar-refractivity contribution is -0.153. The van der Waals surface area contributed by atoms with Crippen molar-refractivity contribution >= 4 is 35.5 Å². The minimum Gasteiger partial charge on any atom is -0.465 e. The largest absolute Gasteiger partial charge is 0.465 e. The first-order valence-electron chi connectivity index (χ1n) is 8.26. The van der Waals surface area contributed by atoms with Crippen molar-refractivity contribution in [3.05, 3.63) is 0 Å². The Hall–Kier alpha value is -0.360. The zero-order chi connectivity index (χ0) is 15.6. The molecule has 2 atom stereocenters. The van der Waals surface area contributed by atoms with E-state index in [2.05, 4.69) is 0 Å². The molecular formula is C16H26O4S2. The van der Waals surface area contributed by atoms with Gasteiger partial charge in [-0.25, -0.2) is 0 Å². The summed E-state index contributed by atoms with van der Waals surface area (Å²) in [4.78, 5) is 23.0. The van der Waals surface area contributed by atoms with Crippen molar-refractivity contribution in [2.45, 2.75) is 38.5 Å². The lowest BCUT2D eigenvalue weighted by atomic mass is 9.99. The molecule has 0 aromatic carbocycles. The molecule has 2 aliphatic heterocycles. The lowest BCUT2D eigenvalue weighted by Crippen LogP contribution is -2.24. The van der Waals surface area contributed by atoms with Gasteiger partial charge in [0.1, 0.15) is 0 Å². The molecule has 4 nitrogen and oxygen atoms in total. The molecule has 0 amide bonds. The first-order valence-corrected chi connectivity index (χ1v) is 10.6. The Kier molecular flexibility index (Phi) is 8.52. The molecule has 2 fully saturated rings. The minimum absolute atomic E-state index is 0.000549. The van der Waals surface area contributed by atoms with Gasteiger partial charge in [0.15, 0.2) is 0 Å². The molecule has 0 aromatic heterocycles. The minimum atomic E-state index is 0.000549. The van der Waals surface area contributed by atoms with E-state index in [1.54, 1.807) is 0 Å². The van der Waals surface area contributed by atoms with Crippen LogP contribution in [-0.2, 0) is 19.1 Å². The van der Waals surface area contributed by atoms with Crippen molar-refractivity contribution in [3.8, 4) is 0 Å². The second kappa shape index (κ2) is 10.4. The van der Waals surface area contributed by atoms with Crippen molar-refractivity contribution in [1.29, 1.82) is 0 Å². The van der Waals surface area contributed by atoms with Gasteiger partial charge in [-0.3, -0.25) is 9.59 Å². The molecule has 0 aromatic rings. The maximum Gasteiger partial charge on any atom is 0.308 e. The Morgan fingerprint density at radius 2 is 1.23 bits per heavy atom. The van der Waals surface area contributed by atoms with E-state index in [4.69, 9.17) is 9.47 Å². The number of carbonyl (C=O) groups is 2. The molecule has 2 saturated heterocycles. The summed E-state index contributed by atoms with van der Waals surface area (Å²) in [5.74, 6) is 4.56. The highest BCUT2D eigenvalue weighted by Gasteiger charge is 2.24. The third-order valence-corrected chi connectivity index (χ3v) is 6.44. The Labute approximate surface area is 141 Å². The highest BCUT2D eigenvalue weighted by Crippen LogP contribution is 2.23. The number of thioether (sulfide) groups is 2. The summed E-state index contributed by atoms with van der Waals surface area (Å²) >= 11 is 3.83. The van der Waals surface area contributed by atoms with Crippen molar-refractivity contribution in [2.24, 2.45) is 11.8 Å². The predicted molar refractivity (Wildman–Crippen MR) is 91.3 cm³/mol. The van der Waals surface area contributed by atoms with Gasteiger partial charge in [0, 0.05) is 11.5 Å². The zero-order valence-electron chi connectivity index (χ0n) is 13.1. The van der Waals surface area contributed by atoms with Gasteiger partial charge in [0.05, 0.1) is 25.0 Å². The molecule has 0 aliphatic carbocycles. The van der Waals surface area contributed by atoms with E-state index in [0.29, 0.717) is 13.2 Å². The van der Waals surface area contributed by atoms with Crippen LogP contribution in [0.2, 0.25) is 0 Å². The highest BCUT2D eigenvalue weighted by atomic mass is 32.2. The van der Waals surface area contributed by atoms with Gasteiger partial charge in [-0.2, -0.15) is 23.5 Å². The molecule has 0 spiro atoms. The fraction of sp³-hybridized carbons (Fsp3) is 0.875. The standard InChI is InChI=1S/C16H26O4S2/c17-15-13(3-1-7-19-15)5-9-21-11-12-22-10-6-14-4-2-8-20-16(14)18/h13-14H,1-12H2. The van der Waals surface area contributed by atoms with E-state index < -0.39 is 0 Å². The summed E-state index contributed by atoms with van der Waals surface area (Å²) in [7, 11) is 0. The molecule has 0 N–H and O–H groups in total. The molecule has 0 saturated carbocycles. The van der Waals surface area contributed by atoms with Gasteiger partial charge in [-0.05, 0) is 50.0 Å². The number of hydrogen-bond acceptors (Lipinski definition) is 6. The Morgan fingerprint density at radius 3 is 1.64 bits per heavy atom. The second-order valence-corrected chi connectivity index (χ2v) is 8.26. The monoisotopic (exact) mass is 346 g/mol. The average molecular weight is 347 g/mol. The summed E-state index contributed by atoms with van der Waals surface area (Å²) in [5, 5.41) is 0. The van der Waals surface area contributed by atoms with Crippen molar-refractivity contribution in [2.75, 3.05) is 36.2 Å². The summed E-state index contributed by atoms with van der Waals surface area (Å²) in [6.45, 7) is 1.21. The number of ether oxygens (including phenoxy) is 2. The first kappa shape index (κ1) is 18.0. The molecule has 2 heterocycles. The molecular weight excluding hydrogens is 320 g/mol. The maximum absolute atomic E-state index is 11.5. The van der Waals surface area contributed by atoms with Crippen LogP contribution < -0.4 is 0 Å². The van der Waals surface area contributed by atoms with E-state index in [1.165, 1.54) is 0 Å². The van der Waals surface area contributed by atoms with Crippen molar-refractivity contribution in [1.82, 2.24) is 0 Å². The normalized spacial score (nSPS) is 25.6. The van der Waals surface area contributed by atoms with Crippen LogP contribution in [0.4, 0.5) is 0 Å². The summed E-state index contributed by atoms with van der Waals surface area (Å²) in [6.07, 6.45) is 5.91. The first-order chi connectivity index (χ1) is 10.8. The number of rotatable bonds is 9. The van der Waals surface area contributed by atoms with E-state index in [9.17, 15) is 9.59 Å². The molecule has 22 heavy (non-hydrogen) atoms. The van der Waals surface area contributed by atoms with Gasteiger partial charge >= 0.3 is 11.9 Å². The molecule has 6 heteroatoms. The molecule has 126 valence electrons. The van der Waals surface area contributed by atoms with E-state index in [-0.39, 0.29) is 23.8 Å². The van der Waals surface area contributed by atoms with Gasteiger partial charge in [-0.1, -0.05) is 0 Å². The van der Waals surface area contributed by atoms with Crippen LogP contribution in [0.1, 0.15) is 38.5 Å². The summed E-state index contributed by atoms with van der Waals surface area (Å²) in [6, 6.07) is 0. The second-order valence-electron chi connectivity index (χ2n) is 5.82. The summed E-state index contributed by atoms with van der Waals surface area (Å²) in [5.41, 5.74) is 0. The van der Waals surface area contributed by atoms with Crippen molar-refractivity contribution in [3.63, 3.8) is 0 Å². The van der Waals surface area contributed by atoms with Crippen LogP contribution in [0.5, 0.6) is 0 Å². The predicted octanol–water partition coefficient (Wildman–Crippen LogP) is 3.14. The fourth-order valence-corrected chi connectivity index (χ4v) is 5.03. The topological polar surface area (TPSA) is 52.6 Å². The fourth-order valence-electron chi connectivity index (χ4n) is 2.77. The molecule has 2 unspecified atom stereocenters. The van der Waals surface area contributed by atoms with Crippen LogP contribution in [0.15, 0.2) is 0 Å². The molecule has 0 bridgehead atoms. The van der Waals surface area contributed by atoms with Gasteiger partial charge < -0.3 is 9.47 Å². The molecule has 2 aliphatic rings. The third kappa shape index (κ3) is 6.41. The molecule has 0 radical (unpaired) electrons. The van der Waals surface area contributed by atoms with E-state index in [0.717, 1.165) is 61.5 Å². The Balaban J connectivity index is 1.41. The number of hydrogen-bond donors (Lipinski definition) is 0. The summed E-state index contributed by atoms with van der Waals surface area (Å²) < 4.78 is 10.2. The van der Waals surface area contributed by atoms with E-state index in [1.807, 2.05) is 23.5 Å². The van der Waals surface area contributed by atoms with Gasteiger partial charge in [0.2, 0.25) is 0 Å². The number of esters is 2. The Bertz CT molecular complexity index is 328. The maximum atomic E-state index is 11.5. The number of carbonyl (C=O) groups excluding carboxylic acids is 2. The van der Waals surface area contributed by atoms with E-state index >= 15 is 0 Å². The third-order valence-electron chi connectivity index (χ3n) is 4.14. The Morgan fingerprint density at radius 1 is 0.773 bits per heavy atom. The zero-order valence-corrected chi connectivity index (χ0v) is 14.7. The van der Waals surface area contributed by atoms with Crippen LogP contribution >= 0.6 is 23.5 Å². The highest BCUT2D eigenvalue weighted by molar-refractivity contribution is 8.02. The lowest BCUT2D eigenvalue weighted by Gasteiger charge is -2.20. The van der Waals surface area contributed by atoms with Crippen LogP contribution in [0.3, 0.4) is 0 Å². The van der Waals surface area contributed by atoms with Gasteiger partial charge in [-0.15, -0.1) is 0 Å². The van der Waals surface area contributed by atoms with Crippen LogP contribution in [0, 0.1) is 11.8 Å². The smallest absolute Gasteiger partial charge is 0.308 e. The molecule has 2 rings (SSSR count). The quantitative estimate of drug-likeness (QED) is 0.472.